The van der Waals surface area contributed by atoms with Crippen molar-refractivity contribution in [1.82, 2.24) is 0 Å². The van der Waals surface area contributed by atoms with Gasteiger partial charge in [-0.1, -0.05) is 31.6 Å². The Labute approximate surface area is 158 Å². The number of phenols is 1. The summed E-state index contributed by atoms with van der Waals surface area (Å²) >= 11 is 0. The Hall–Kier alpha value is -2.86. The lowest BCUT2D eigenvalue weighted by Crippen LogP contribution is -1.98. The van der Waals surface area contributed by atoms with Crippen molar-refractivity contribution >= 4 is 33.5 Å². The number of hydrogen-bond acceptors (Lipinski definition) is 4. The highest BCUT2D eigenvalue weighted by atomic mass is 32.2. The molecule has 27 heavy (non-hydrogen) atoms. The molecule has 0 atom stereocenters. The topological polar surface area (TPSA) is 91.7 Å². The number of hydrogen-bond donors (Lipinski definition) is 2. The average Bonchev–Trinajstić information content (AvgIpc) is 2.92. The number of carboxylic acids is 1. The maximum Gasteiger partial charge on any atom is 0.339 e. The zero-order valence-electron chi connectivity index (χ0n) is 15.1. The van der Waals surface area contributed by atoms with Gasteiger partial charge in [0.25, 0.3) is 0 Å². The van der Waals surface area contributed by atoms with Gasteiger partial charge in [0.05, 0.1) is 4.90 Å². The predicted molar refractivity (Wildman–Crippen MR) is 105 cm³/mol. The van der Waals surface area contributed by atoms with Crippen LogP contribution in [0.15, 0.2) is 46.9 Å². The van der Waals surface area contributed by atoms with Crippen molar-refractivity contribution in [2.24, 2.45) is 0 Å². The summed E-state index contributed by atoms with van der Waals surface area (Å²) in [6, 6.07) is 9.49. The number of carboxylic acid groups (broad SMARTS) is 1. The summed E-state index contributed by atoms with van der Waals surface area (Å²) in [5, 5.41) is 18.9. The van der Waals surface area contributed by atoms with E-state index in [0.717, 1.165) is 35.1 Å². The van der Waals surface area contributed by atoms with Gasteiger partial charge in [-0.15, -0.1) is 0 Å². The van der Waals surface area contributed by atoms with Crippen molar-refractivity contribution in [3.63, 3.8) is 0 Å². The minimum atomic E-state index is -3.29. The molecule has 0 amide bonds. The number of sulfone groups is 1. The Bertz CT molecular complexity index is 1090. The molecule has 0 aliphatic heterocycles. The van der Waals surface area contributed by atoms with Crippen LogP contribution >= 0.6 is 0 Å². The van der Waals surface area contributed by atoms with E-state index in [1.807, 2.05) is 12.2 Å². The zero-order valence-corrected chi connectivity index (χ0v) is 15.9. The molecule has 1 aliphatic carbocycles. The number of benzene rings is 2. The third-order valence-corrected chi connectivity index (χ3v) is 5.61. The maximum atomic E-state index is 11.8. The highest BCUT2D eigenvalue weighted by molar-refractivity contribution is 7.90. The molecule has 3 rings (SSSR count). The highest BCUT2D eigenvalue weighted by Gasteiger charge is 2.21. The van der Waals surface area contributed by atoms with Gasteiger partial charge < -0.3 is 10.2 Å². The second kappa shape index (κ2) is 7.04. The molecule has 2 N–H and O–H groups in total. The molecular weight excluding hydrogens is 364 g/mol. The zero-order chi connectivity index (χ0) is 19.8. The summed E-state index contributed by atoms with van der Waals surface area (Å²) < 4.78 is 23.7. The van der Waals surface area contributed by atoms with E-state index < -0.39 is 15.8 Å². The molecule has 0 unspecified atom stereocenters. The van der Waals surface area contributed by atoms with Crippen LogP contribution < -0.4 is 0 Å². The molecule has 2 aromatic carbocycles. The van der Waals surface area contributed by atoms with Gasteiger partial charge in [-0.2, -0.15) is 0 Å². The molecule has 1 aliphatic rings. The third kappa shape index (κ3) is 3.80. The first-order chi connectivity index (χ1) is 12.7. The van der Waals surface area contributed by atoms with Crippen LogP contribution in [0.4, 0.5) is 0 Å². The summed E-state index contributed by atoms with van der Waals surface area (Å²) in [5.74, 6) is -1.47. The highest BCUT2D eigenvalue weighted by Crippen LogP contribution is 2.40. The minimum Gasteiger partial charge on any atom is -0.507 e. The van der Waals surface area contributed by atoms with Crippen LogP contribution in [0.2, 0.25) is 0 Å². The van der Waals surface area contributed by atoms with Crippen LogP contribution in [-0.2, 0) is 9.84 Å². The summed E-state index contributed by atoms with van der Waals surface area (Å²) in [6.07, 6.45) is 6.78. The van der Waals surface area contributed by atoms with Gasteiger partial charge in [-0.05, 0) is 64.6 Å². The Balaban J connectivity index is 2.13. The van der Waals surface area contributed by atoms with Crippen LogP contribution in [0.3, 0.4) is 0 Å². The SMILES string of the molecule is CCCC1=Cc2cc(S(C)(=O)=O)ccc2/C1=C\c1ccc(O)c(C(=O)O)c1. The van der Waals surface area contributed by atoms with E-state index in [4.69, 9.17) is 0 Å². The third-order valence-electron chi connectivity index (χ3n) is 4.50. The van der Waals surface area contributed by atoms with E-state index in [9.17, 15) is 23.4 Å². The number of carbonyl (C=O) groups is 1. The van der Waals surface area contributed by atoms with Crippen molar-refractivity contribution < 1.29 is 23.4 Å². The summed E-state index contributed by atoms with van der Waals surface area (Å²) in [6.45, 7) is 2.06. The number of rotatable bonds is 5. The quantitative estimate of drug-likeness (QED) is 0.805. The van der Waals surface area contributed by atoms with Crippen LogP contribution in [0.25, 0.3) is 17.7 Å². The predicted octanol–water partition coefficient (Wildman–Crippen LogP) is 4.23. The van der Waals surface area contributed by atoms with Crippen LogP contribution in [0.1, 0.15) is 46.8 Å². The van der Waals surface area contributed by atoms with Gasteiger partial charge >= 0.3 is 5.97 Å². The Morgan fingerprint density at radius 2 is 1.89 bits per heavy atom. The normalized spacial score (nSPS) is 14.9. The molecule has 6 heteroatoms. The first-order valence-corrected chi connectivity index (χ1v) is 10.4. The molecule has 5 nitrogen and oxygen atoms in total. The second-order valence-corrected chi connectivity index (χ2v) is 8.60. The fraction of sp³-hybridized carbons (Fsp3) is 0.190. The van der Waals surface area contributed by atoms with Crippen molar-refractivity contribution in [2.45, 2.75) is 24.7 Å². The Morgan fingerprint density at radius 1 is 1.15 bits per heavy atom. The maximum absolute atomic E-state index is 11.8. The lowest BCUT2D eigenvalue weighted by Gasteiger charge is -2.09. The number of aromatic hydroxyl groups is 1. The van der Waals surface area contributed by atoms with Crippen LogP contribution in [0.5, 0.6) is 5.75 Å². The summed E-state index contributed by atoms with van der Waals surface area (Å²) in [5.41, 5.74) is 4.26. The van der Waals surface area contributed by atoms with E-state index in [1.165, 1.54) is 18.4 Å². The van der Waals surface area contributed by atoms with Gasteiger partial charge in [0.1, 0.15) is 11.3 Å². The molecule has 2 aromatic rings. The van der Waals surface area contributed by atoms with E-state index in [0.29, 0.717) is 5.56 Å². The van der Waals surface area contributed by atoms with Crippen molar-refractivity contribution in [3.05, 3.63) is 64.2 Å². The van der Waals surface area contributed by atoms with Crippen molar-refractivity contribution in [3.8, 4) is 5.75 Å². The first-order valence-electron chi connectivity index (χ1n) is 8.54. The van der Waals surface area contributed by atoms with Crippen molar-refractivity contribution in [1.29, 1.82) is 0 Å². The summed E-state index contributed by atoms with van der Waals surface area (Å²) in [7, 11) is -3.29. The molecule has 0 fully saturated rings. The van der Waals surface area contributed by atoms with Gasteiger partial charge in [0.2, 0.25) is 0 Å². The minimum absolute atomic E-state index is 0.156. The smallest absolute Gasteiger partial charge is 0.339 e. The van der Waals surface area contributed by atoms with Crippen molar-refractivity contribution in [2.75, 3.05) is 6.26 Å². The molecule has 0 spiro atoms. The van der Waals surface area contributed by atoms with E-state index in [2.05, 4.69) is 6.92 Å². The molecule has 140 valence electrons. The van der Waals surface area contributed by atoms with Gasteiger partial charge in [-0.3, -0.25) is 0 Å². The fourth-order valence-corrected chi connectivity index (χ4v) is 3.86. The molecule has 0 radical (unpaired) electrons. The molecular formula is C21H20O5S. The molecule has 0 saturated heterocycles. The van der Waals surface area contributed by atoms with E-state index >= 15 is 0 Å². The molecule has 0 bridgehead atoms. The first kappa shape index (κ1) is 18.9. The lowest BCUT2D eigenvalue weighted by molar-refractivity contribution is 0.0693. The molecule has 0 heterocycles. The Kier molecular flexibility index (Phi) is 4.93. The second-order valence-electron chi connectivity index (χ2n) is 6.58. The fourth-order valence-electron chi connectivity index (χ4n) is 3.20. The van der Waals surface area contributed by atoms with Gasteiger partial charge in [0, 0.05) is 6.26 Å². The molecule has 0 saturated carbocycles. The summed E-state index contributed by atoms with van der Waals surface area (Å²) in [4.78, 5) is 11.5. The van der Waals surface area contributed by atoms with E-state index in [-0.39, 0.29) is 16.2 Å². The van der Waals surface area contributed by atoms with E-state index in [1.54, 1.807) is 24.3 Å². The number of aromatic carboxylic acids is 1. The van der Waals surface area contributed by atoms with Gasteiger partial charge in [-0.25, -0.2) is 13.2 Å². The number of fused-ring (bicyclic) bond motifs is 1. The average molecular weight is 384 g/mol. The largest absolute Gasteiger partial charge is 0.507 e. The lowest BCUT2D eigenvalue weighted by atomic mass is 9.97. The Morgan fingerprint density at radius 3 is 2.52 bits per heavy atom. The van der Waals surface area contributed by atoms with Crippen LogP contribution in [-0.4, -0.2) is 30.9 Å². The molecule has 0 aromatic heterocycles. The van der Waals surface area contributed by atoms with Gasteiger partial charge in [0.15, 0.2) is 9.84 Å². The number of allylic oxidation sites excluding steroid dienone is 2. The standard InChI is InChI=1S/C21H20O5S/c1-3-4-14-11-15-12-16(27(2,25)26)6-7-17(15)18(14)9-13-5-8-20(22)19(10-13)21(23)24/h5-12,22H,3-4H2,1-2H3,(H,23,24)/b18-9-. The van der Waals surface area contributed by atoms with Crippen LogP contribution in [0, 0.1) is 0 Å². The monoisotopic (exact) mass is 384 g/mol.